The second-order valence-electron chi connectivity index (χ2n) is 4.75. The molecule has 0 aromatic heterocycles. The predicted octanol–water partition coefficient (Wildman–Crippen LogP) is 2.66. The molecule has 0 unspecified atom stereocenters. The van der Waals surface area contributed by atoms with E-state index >= 15 is 0 Å². The number of rotatable bonds is 7. The molecule has 0 heterocycles. The van der Waals surface area contributed by atoms with E-state index in [-0.39, 0.29) is 18.1 Å². The third kappa shape index (κ3) is 4.78. The van der Waals surface area contributed by atoms with Gasteiger partial charge >= 0.3 is 0 Å². The molecule has 0 radical (unpaired) electrons. The van der Waals surface area contributed by atoms with Gasteiger partial charge in [0, 0.05) is 25.7 Å². The maximum atomic E-state index is 12.0. The number of hydrogen-bond acceptors (Lipinski definition) is 4. The number of carbonyl (C=O) groups is 1. The molecule has 0 N–H and O–H groups in total. The molecule has 0 spiro atoms. The molecule has 0 aliphatic heterocycles. The molecule has 0 fully saturated rings. The largest absolute Gasteiger partial charge is 0.342 e. The van der Waals surface area contributed by atoms with Gasteiger partial charge in [0.15, 0.2) is 0 Å². The number of halogens is 1. The van der Waals surface area contributed by atoms with Crippen LogP contribution in [0.3, 0.4) is 0 Å². The molecule has 116 valence electrons. The summed E-state index contributed by atoms with van der Waals surface area (Å²) < 4.78 is 0.470. The molecule has 1 aromatic rings. The number of benzene rings is 1. The Balaban J connectivity index is 2.75. The summed E-state index contributed by atoms with van der Waals surface area (Å²) in [5.41, 5.74) is 0.829. The first-order valence-electron chi connectivity index (χ1n) is 6.78. The molecule has 1 aromatic carbocycles. The van der Waals surface area contributed by atoms with Crippen LogP contribution in [-0.2, 0) is 11.3 Å². The molecule has 1 amide bonds. The molecule has 0 bridgehead atoms. The SMILES string of the molecule is CCN(CC)C(=O)CN(C)Cc1cccc([N+](=O)[O-])c1Br. The maximum Gasteiger partial charge on any atom is 0.283 e. The Kier molecular flexibility index (Phi) is 6.77. The van der Waals surface area contributed by atoms with E-state index in [1.165, 1.54) is 6.07 Å². The second kappa shape index (κ2) is 8.09. The second-order valence-corrected chi connectivity index (χ2v) is 5.54. The van der Waals surface area contributed by atoms with Crippen molar-refractivity contribution < 1.29 is 9.72 Å². The average Bonchev–Trinajstić information content (AvgIpc) is 2.42. The van der Waals surface area contributed by atoms with Crippen LogP contribution in [0.1, 0.15) is 19.4 Å². The van der Waals surface area contributed by atoms with E-state index in [0.717, 1.165) is 5.56 Å². The molecule has 0 saturated heterocycles. The van der Waals surface area contributed by atoms with E-state index < -0.39 is 4.92 Å². The zero-order valence-electron chi connectivity index (χ0n) is 12.5. The first-order valence-corrected chi connectivity index (χ1v) is 7.58. The molecule has 0 aliphatic rings. The van der Waals surface area contributed by atoms with Gasteiger partial charge in [-0.15, -0.1) is 0 Å². The first kappa shape index (κ1) is 17.6. The minimum atomic E-state index is -0.422. The molecule has 0 saturated carbocycles. The zero-order valence-corrected chi connectivity index (χ0v) is 14.1. The lowest BCUT2D eigenvalue weighted by molar-refractivity contribution is -0.385. The fourth-order valence-corrected chi connectivity index (χ4v) is 2.62. The zero-order chi connectivity index (χ0) is 16.0. The molecule has 6 nitrogen and oxygen atoms in total. The van der Waals surface area contributed by atoms with Gasteiger partial charge in [0.2, 0.25) is 5.91 Å². The smallest absolute Gasteiger partial charge is 0.283 e. The highest BCUT2D eigenvalue weighted by Crippen LogP contribution is 2.28. The third-order valence-electron chi connectivity index (χ3n) is 3.22. The number of carbonyl (C=O) groups excluding carboxylic acids is 1. The number of nitrogens with zero attached hydrogens (tertiary/aromatic N) is 3. The quantitative estimate of drug-likeness (QED) is 0.555. The number of likely N-dealkylation sites (N-methyl/N-ethyl adjacent to an activating group) is 2. The van der Waals surface area contributed by atoms with Gasteiger partial charge in [-0.05, 0) is 42.4 Å². The standard InChI is InChI=1S/C14H20BrN3O3/c1-4-17(5-2)13(19)10-16(3)9-11-7-6-8-12(14(11)15)18(20)21/h6-8H,4-5,9-10H2,1-3H3. The summed E-state index contributed by atoms with van der Waals surface area (Å²) in [4.78, 5) is 26.1. The van der Waals surface area contributed by atoms with E-state index in [1.54, 1.807) is 11.0 Å². The fourth-order valence-electron chi connectivity index (χ4n) is 2.08. The number of amides is 1. The van der Waals surface area contributed by atoms with E-state index in [2.05, 4.69) is 15.9 Å². The van der Waals surface area contributed by atoms with Gasteiger partial charge in [-0.2, -0.15) is 0 Å². The molecular weight excluding hydrogens is 338 g/mol. The van der Waals surface area contributed by atoms with Crippen LogP contribution in [-0.4, -0.2) is 47.3 Å². The van der Waals surface area contributed by atoms with Gasteiger partial charge in [0.25, 0.3) is 5.69 Å². The molecule has 21 heavy (non-hydrogen) atoms. The lowest BCUT2D eigenvalue weighted by atomic mass is 10.2. The fraction of sp³-hybridized carbons (Fsp3) is 0.500. The van der Waals surface area contributed by atoms with Crippen LogP contribution >= 0.6 is 15.9 Å². The normalized spacial score (nSPS) is 10.7. The highest BCUT2D eigenvalue weighted by atomic mass is 79.9. The minimum Gasteiger partial charge on any atom is -0.342 e. The Morgan fingerprint density at radius 1 is 1.33 bits per heavy atom. The Morgan fingerprint density at radius 3 is 2.48 bits per heavy atom. The van der Waals surface area contributed by atoms with Crippen molar-refractivity contribution in [2.24, 2.45) is 0 Å². The van der Waals surface area contributed by atoms with Crippen molar-refractivity contribution in [3.63, 3.8) is 0 Å². The summed E-state index contributed by atoms with van der Waals surface area (Å²) in [5, 5.41) is 10.9. The van der Waals surface area contributed by atoms with Gasteiger partial charge in [0.1, 0.15) is 0 Å². The van der Waals surface area contributed by atoms with Crippen molar-refractivity contribution in [2.75, 3.05) is 26.7 Å². The van der Waals surface area contributed by atoms with Crippen LogP contribution in [0.4, 0.5) is 5.69 Å². The van der Waals surface area contributed by atoms with Gasteiger partial charge in [0.05, 0.1) is 15.9 Å². The number of nitro groups is 1. The summed E-state index contributed by atoms with van der Waals surface area (Å²) in [7, 11) is 1.83. The Hall–Kier alpha value is -1.47. The van der Waals surface area contributed by atoms with Crippen LogP contribution in [0.2, 0.25) is 0 Å². The van der Waals surface area contributed by atoms with Crippen molar-refractivity contribution in [3.05, 3.63) is 38.3 Å². The lowest BCUT2D eigenvalue weighted by Gasteiger charge is -2.23. The van der Waals surface area contributed by atoms with Crippen LogP contribution < -0.4 is 0 Å². The van der Waals surface area contributed by atoms with E-state index in [9.17, 15) is 14.9 Å². The highest BCUT2D eigenvalue weighted by molar-refractivity contribution is 9.10. The summed E-state index contributed by atoms with van der Waals surface area (Å²) >= 11 is 3.27. The van der Waals surface area contributed by atoms with Crippen molar-refractivity contribution >= 4 is 27.5 Å². The first-order chi connectivity index (χ1) is 9.90. The summed E-state index contributed by atoms with van der Waals surface area (Å²) in [6, 6.07) is 4.92. The van der Waals surface area contributed by atoms with Crippen LogP contribution in [0.15, 0.2) is 22.7 Å². The highest BCUT2D eigenvalue weighted by Gasteiger charge is 2.17. The molecular formula is C14H20BrN3O3. The summed E-state index contributed by atoms with van der Waals surface area (Å²) in [6.45, 7) is 6.01. The van der Waals surface area contributed by atoms with Gasteiger partial charge in [-0.1, -0.05) is 12.1 Å². The summed E-state index contributed by atoms with van der Waals surface area (Å²) in [5.74, 6) is 0.0593. The minimum absolute atomic E-state index is 0.0379. The van der Waals surface area contributed by atoms with Crippen molar-refractivity contribution in [1.29, 1.82) is 0 Å². The average molecular weight is 358 g/mol. The summed E-state index contributed by atoms with van der Waals surface area (Å²) in [6.07, 6.45) is 0. The van der Waals surface area contributed by atoms with Crippen LogP contribution in [0, 0.1) is 10.1 Å². The van der Waals surface area contributed by atoms with Gasteiger partial charge in [-0.3, -0.25) is 19.8 Å². The monoisotopic (exact) mass is 357 g/mol. The van der Waals surface area contributed by atoms with E-state index in [4.69, 9.17) is 0 Å². The molecule has 1 rings (SSSR count). The van der Waals surface area contributed by atoms with Gasteiger partial charge in [-0.25, -0.2) is 0 Å². The Morgan fingerprint density at radius 2 is 1.95 bits per heavy atom. The molecule has 0 aliphatic carbocycles. The maximum absolute atomic E-state index is 12.0. The van der Waals surface area contributed by atoms with Crippen LogP contribution in [0.25, 0.3) is 0 Å². The molecule has 7 heteroatoms. The van der Waals surface area contributed by atoms with Crippen molar-refractivity contribution in [3.8, 4) is 0 Å². The number of nitro benzene ring substituents is 1. The topological polar surface area (TPSA) is 66.7 Å². The lowest BCUT2D eigenvalue weighted by Crippen LogP contribution is -2.38. The van der Waals surface area contributed by atoms with Crippen molar-refractivity contribution in [2.45, 2.75) is 20.4 Å². The molecule has 0 atom stereocenters. The predicted molar refractivity (Wildman–Crippen MR) is 85.1 cm³/mol. The third-order valence-corrected chi connectivity index (χ3v) is 4.13. The van der Waals surface area contributed by atoms with E-state index in [0.29, 0.717) is 24.1 Å². The Bertz CT molecular complexity index is 518. The van der Waals surface area contributed by atoms with Crippen LogP contribution in [0.5, 0.6) is 0 Å². The van der Waals surface area contributed by atoms with Gasteiger partial charge < -0.3 is 4.90 Å². The number of hydrogen-bond donors (Lipinski definition) is 0. The Labute approximate surface area is 133 Å². The van der Waals surface area contributed by atoms with E-state index in [1.807, 2.05) is 31.9 Å². The van der Waals surface area contributed by atoms with Crippen molar-refractivity contribution in [1.82, 2.24) is 9.80 Å².